The van der Waals surface area contributed by atoms with E-state index in [9.17, 15) is 0 Å². The molecule has 0 aliphatic rings. The first-order chi connectivity index (χ1) is 39.7. The first-order valence-corrected chi connectivity index (χ1v) is 27.5. The lowest BCUT2D eigenvalue weighted by atomic mass is 9.84. The van der Waals surface area contributed by atoms with Gasteiger partial charge in [-0.15, -0.1) is 0 Å². The highest BCUT2D eigenvalue weighted by Crippen LogP contribution is 2.50. The Morgan fingerprint density at radius 2 is 0.450 bits per heavy atom. The van der Waals surface area contributed by atoms with Crippen LogP contribution in [-0.4, -0.2) is 0 Å². The average Bonchev–Trinajstić information content (AvgIpc) is 3.73. The van der Waals surface area contributed by atoms with Gasteiger partial charge in [0.25, 0.3) is 0 Å². The Hall–Kier alpha value is -10.5. The predicted molar refractivity (Wildman–Crippen MR) is 341 cm³/mol. The largest absolute Gasteiger partial charge is 0.310 e. The van der Waals surface area contributed by atoms with Gasteiger partial charge in [0.05, 0.1) is 0 Å². The Morgan fingerprint density at radius 3 is 0.838 bits per heavy atom. The Labute approximate surface area is 468 Å². The van der Waals surface area contributed by atoms with Crippen molar-refractivity contribution in [2.75, 3.05) is 9.80 Å². The van der Waals surface area contributed by atoms with Crippen LogP contribution in [0, 0.1) is 0 Å². The molecule has 0 aliphatic carbocycles. The van der Waals surface area contributed by atoms with Crippen molar-refractivity contribution < 1.29 is 0 Å². The van der Waals surface area contributed by atoms with Crippen molar-refractivity contribution in [2.24, 2.45) is 0 Å². The van der Waals surface area contributed by atoms with E-state index >= 15 is 0 Å². The number of anilines is 6. The molecule has 0 heterocycles. The summed E-state index contributed by atoms with van der Waals surface area (Å²) < 4.78 is 0. The second-order valence-corrected chi connectivity index (χ2v) is 20.4. The Morgan fingerprint density at radius 1 is 0.163 bits per heavy atom. The first-order valence-electron chi connectivity index (χ1n) is 27.5. The summed E-state index contributed by atoms with van der Waals surface area (Å²) >= 11 is 0. The fourth-order valence-electron chi connectivity index (χ4n) is 11.8. The summed E-state index contributed by atoms with van der Waals surface area (Å²) in [6.07, 6.45) is 0. The summed E-state index contributed by atoms with van der Waals surface area (Å²) in [5.74, 6) is 0. The summed E-state index contributed by atoms with van der Waals surface area (Å²) in [7, 11) is 0. The normalized spacial score (nSPS) is 11.2. The Bertz CT molecular complexity index is 4280. The minimum absolute atomic E-state index is 1.07. The van der Waals surface area contributed by atoms with E-state index < -0.39 is 0 Å². The minimum atomic E-state index is 1.07. The van der Waals surface area contributed by atoms with Crippen molar-refractivity contribution in [2.45, 2.75) is 0 Å². The molecule has 0 radical (unpaired) electrons. The molecule has 0 saturated heterocycles. The molecule has 80 heavy (non-hydrogen) atoms. The number of nitrogens with zero attached hydrogens (tertiary/aromatic N) is 2. The molecule has 0 amide bonds. The number of rotatable bonds is 12. The van der Waals surface area contributed by atoms with Crippen LogP contribution in [0.5, 0.6) is 0 Å². The fraction of sp³-hybridized carbons (Fsp3) is 0. The highest BCUT2D eigenvalue weighted by molar-refractivity contribution is 6.24. The maximum Gasteiger partial charge on any atom is 0.0468 e. The van der Waals surface area contributed by atoms with E-state index in [1.54, 1.807) is 0 Å². The van der Waals surface area contributed by atoms with Gasteiger partial charge in [-0.05, 0) is 172 Å². The second-order valence-electron chi connectivity index (χ2n) is 20.4. The quantitative estimate of drug-likeness (QED) is 0.113. The van der Waals surface area contributed by atoms with Crippen LogP contribution in [0.4, 0.5) is 34.1 Å². The average molecular weight is 1020 g/mol. The lowest BCUT2D eigenvalue weighted by molar-refractivity contribution is 1.29. The summed E-state index contributed by atoms with van der Waals surface area (Å²) in [6.45, 7) is 0. The zero-order chi connectivity index (χ0) is 53.2. The van der Waals surface area contributed by atoms with Gasteiger partial charge in [-0.3, -0.25) is 0 Å². The van der Waals surface area contributed by atoms with Crippen LogP contribution in [-0.2, 0) is 0 Å². The number of fused-ring (bicyclic) bond motifs is 3. The van der Waals surface area contributed by atoms with Crippen LogP contribution >= 0.6 is 0 Å². The van der Waals surface area contributed by atoms with E-state index in [0.29, 0.717) is 0 Å². The first kappa shape index (κ1) is 47.9. The predicted octanol–water partition coefficient (Wildman–Crippen LogP) is 22.1. The molecule has 0 aromatic heterocycles. The molecule has 0 fully saturated rings. The van der Waals surface area contributed by atoms with Gasteiger partial charge < -0.3 is 9.80 Å². The fourth-order valence-corrected chi connectivity index (χ4v) is 11.8. The van der Waals surface area contributed by atoms with Crippen molar-refractivity contribution in [3.05, 3.63) is 328 Å². The molecule has 0 saturated carbocycles. The summed E-state index contributed by atoms with van der Waals surface area (Å²) in [5.41, 5.74) is 20.7. The highest BCUT2D eigenvalue weighted by Gasteiger charge is 2.23. The highest BCUT2D eigenvalue weighted by atomic mass is 15.1. The lowest BCUT2D eigenvalue weighted by Crippen LogP contribution is -2.10. The molecule has 0 unspecified atom stereocenters. The summed E-state index contributed by atoms with van der Waals surface area (Å²) in [4.78, 5) is 4.82. The van der Waals surface area contributed by atoms with Crippen molar-refractivity contribution in [1.82, 2.24) is 0 Å². The van der Waals surface area contributed by atoms with Gasteiger partial charge in [-0.2, -0.15) is 0 Å². The Balaban J connectivity index is 1.01. The number of hydrogen-bond donors (Lipinski definition) is 0. The molecule has 376 valence electrons. The van der Waals surface area contributed by atoms with Gasteiger partial charge in [-0.1, -0.05) is 255 Å². The third-order valence-corrected chi connectivity index (χ3v) is 15.7. The maximum atomic E-state index is 2.44. The zero-order valence-electron chi connectivity index (χ0n) is 44.1. The molecule has 0 aliphatic heterocycles. The maximum absolute atomic E-state index is 2.44. The van der Waals surface area contributed by atoms with E-state index in [2.05, 4.69) is 337 Å². The van der Waals surface area contributed by atoms with Crippen molar-refractivity contribution in [3.8, 4) is 66.8 Å². The van der Waals surface area contributed by atoms with Crippen molar-refractivity contribution in [3.63, 3.8) is 0 Å². The monoisotopic (exact) mass is 1020 g/mol. The second kappa shape index (κ2) is 21.1. The molecule has 14 aromatic carbocycles. The van der Waals surface area contributed by atoms with Crippen LogP contribution in [0.1, 0.15) is 0 Å². The SMILES string of the molecule is c1ccc(-c2ccc(N(c3ccc(-c4ccccc4)cc3)c3ccc4c(-c5cccc6ccccc56)c5cc(N(c6ccc(-c7ccccc7)cc6)c6ccc(-c7ccccc7)cc6)ccc5c(-c5ccccc5)c4c3)cc2)cc1. The van der Waals surface area contributed by atoms with Gasteiger partial charge in [0, 0.05) is 34.1 Å². The van der Waals surface area contributed by atoms with Crippen LogP contribution < -0.4 is 9.80 Å². The minimum Gasteiger partial charge on any atom is -0.310 e. The van der Waals surface area contributed by atoms with E-state index in [0.717, 1.165) is 39.7 Å². The Kier molecular flexibility index (Phi) is 12.6. The van der Waals surface area contributed by atoms with Crippen LogP contribution in [0.3, 0.4) is 0 Å². The molecule has 0 atom stereocenters. The number of benzene rings is 14. The van der Waals surface area contributed by atoms with Gasteiger partial charge in [0.1, 0.15) is 0 Å². The standard InChI is InChI=1S/C78H54N2/c1-6-19-55(20-7-1)59-33-41-65(42-34-59)79(66-43-35-60(36-44-66)56-21-8-2-9-22-56)69-50-52-74-75(53-69)77(64-28-14-5-15-29-64)73-51-49-70(54-76(73)78(74)72-32-18-30-63-27-16-17-31-71(63)72)80(67-45-37-61(38-46-67)57-23-10-3-11-24-57)68-47-39-62(40-48-68)58-25-12-4-13-26-58/h1-54H. The third-order valence-electron chi connectivity index (χ3n) is 15.7. The van der Waals surface area contributed by atoms with Crippen LogP contribution in [0.15, 0.2) is 328 Å². The van der Waals surface area contributed by atoms with Gasteiger partial charge in [-0.25, -0.2) is 0 Å². The van der Waals surface area contributed by atoms with Crippen LogP contribution in [0.25, 0.3) is 99.1 Å². The summed E-state index contributed by atoms with van der Waals surface area (Å²) in [6, 6.07) is 119. The van der Waals surface area contributed by atoms with Crippen molar-refractivity contribution in [1.29, 1.82) is 0 Å². The molecular formula is C78H54N2. The van der Waals surface area contributed by atoms with Gasteiger partial charge in [0.2, 0.25) is 0 Å². The van der Waals surface area contributed by atoms with E-state index in [1.165, 1.54) is 93.5 Å². The van der Waals surface area contributed by atoms with E-state index in [-0.39, 0.29) is 0 Å². The smallest absolute Gasteiger partial charge is 0.0468 e. The van der Waals surface area contributed by atoms with Crippen LogP contribution in [0.2, 0.25) is 0 Å². The number of hydrogen-bond acceptors (Lipinski definition) is 2. The third kappa shape index (κ3) is 9.15. The molecule has 0 spiro atoms. The van der Waals surface area contributed by atoms with Gasteiger partial charge >= 0.3 is 0 Å². The van der Waals surface area contributed by atoms with E-state index in [4.69, 9.17) is 0 Å². The van der Waals surface area contributed by atoms with Gasteiger partial charge in [0.15, 0.2) is 0 Å². The molecular weight excluding hydrogens is 965 g/mol. The molecule has 2 heteroatoms. The van der Waals surface area contributed by atoms with Crippen molar-refractivity contribution >= 4 is 66.4 Å². The van der Waals surface area contributed by atoms with E-state index in [1.807, 2.05) is 0 Å². The summed E-state index contributed by atoms with van der Waals surface area (Å²) in [5, 5.41) is 7.12. The molecule has 0 bridgehead atoms. The zero-order valence-corrected chi connectivity index (χ0v) is 44.1. The topological polar surface area (TPSA) is 6.48 Å². The molecule has 2 nitrogen and oxygen atoms in total. The lowest BCUT2D eigenvalue weighted by Gasteiger charge is -2.28. The molecule has 0 N–H and O–H groups in total. The molecule has 14 aromatic rings. The molecule has 14 rings (SSSR count).